The number of amides is 2. The number of para-hydroxylation sites is 2. The fourth-order valence-corrected chi connectivity index (χ4v) is 3.01. The first-order valence-electron chi connectivity index (χ1n) is 9.28. The van der Waals surface area contributed by atoms with E-state index in [9.17, 15) is 9.59 Å². The summed E-state index contributed by atoms with van der Waals surface area (Å²) in [6.45, 7) is 1.26. The van der Waals surface area contributed by atoms with Gasteiger partial charge in [0.25, 0.3) is 5.91 Å². The van der Waals surface area contributed by atoms with Crippen LogP contribution in [0.25, 0.3) is 0 Å². The van der Waals surface area contributed by atoms with E-state index in [2.05, 4.69) is 0 Å². The number of primary amides is 1. The Kier molecular flexibility index (Phi) is 6.56. The normalized spacial score (nSPS) is 15.4. The van der Waals surface area contributed by atoms with Crippen LogP contribution >= 0.6 is 0 Å². The van der Waals surface area contributed by atoms with E-state index < -0.39 is 12.0 Å². The molecule has 3 rings (SSSR count). The summed E-state index contributed by atoms with van der Waals surface area (Å²) >= 11 is 0. The molecule has 2 aromatic rings. The van der Waals surface area contributed by atoms with Crippen molar-refractivity contribution in [3.05, 3.63) is 48.5 Å². The Hall–Kier alpha value is -3.26. The summed E-state index contributed by atoms with van der Waals surface area (Å²) in [6, 6.07) is 14.4. The number of ether oxygens (including phenoxy) is 3. The van der Waals surface area contributed by atoms with E-state index in [4.69, 9.17) is 19.9 Å². The third-order valence-corrected chi connectivity index (χ3v) is 4.60. The molecule has 2 N–H and O–H groups in total. The number of nitrogens with two attached hydrogens (primary N) is 1. The number of methoxy groups -OCH3 is 1. The Bertz CT molecular complexity index is 856. The quantitative estimate of drug-likeness (QED) is 0.719. The van der Waals surface area contributed by atoms with E-state index in [1.165, 1.54) is 0 Å². The summed E-state index contributed by atoms with van der Waals surface area (Å²) in [5, 5.41) is 0. The number of nitrogens with zero attached hydrogens (tertiary/aromatic N) is 2. The molecule has 2 aromatic carbocycles. The molecule has 8 heteroatoms. The Morgan fingerprint density at radius 1 is 1.17 bits per heavy atom. The molecule has 1 aliphatic rings. The highest BCUT2D eigenvalue weighted by Crippen LogP contribution is 2.33. The van der Waals surface area contributed by atoms with Gasteiger partial charge < -0.3 is 24.8 Å². The summed E-state index contributed by atoms with van der Waals surface area (Å²) < 4.78 is 16.4. The molecule has 0 bridgehead atoms. The first kappa shape index (κ1) is 20.5. The molecule has 0 saturated heterocycles. The Balaban J connectivity index is 1.55. The first-order valence-corrected chi connectivity index (χ1v) is 9.28. The summed E-state index contributed by atoms with van der Waals surface area (Å²) in [4.78, 5) is 27.9. The van der Waals surface area contributed by atoms with Crippen LogP contribution < -0.4 is 24.8 Å². The van der Waals surface area contributed by atoms with Gasteiger partial charge in [0.2, 0.25) is 5.91 Å². The minimum absolute atomic E-state index is 0.0986. The van der Waals surface area contributed by atoms with E-state index in [0.717, 1.165) is 11.5 Å². The van der Waals surface area contributed by atoms with Crippen molar-refractivity contribution in [2.24, 2.45) is 5.73 Å². The molecule has 1 aliphatic heterocycles. The van der Waals surface area contributed by atoms with Gasteiger partial charge in [-0.3, -0.25) is 14.5 Å². The lowest BCUT2D eigenvalue weighted by Crippen LogP contribution is -2.51. The first-order chi connectivity index (χ1) is 14.0. The highest BCUT2D eigenvalue weighted by atomic mass is 16.5. The van der Waals surface area contributed by atoms with Crippen LogP contribution in [0.5, 0.6) is 17.2 Å². The fourth-order valence-electron chi connectivity index (χ4n) is 3.01. The molecule has 0 aliphatic carbocycles. The zero-order chi connectivity index (χ0) is 20.8. The summed E-state index contributed by atoms with van der Waals surface area (Å²) in [5.41, 5.74) is 6.03. The highest BCUT2D eigenvalue weighted by molar-refractivity contribution is 5.98. The number of hydrogen-bond acceptors (Lipinski definition) is 6. The summed E-state index contributed by atoms with van der Waals surface area (Å²) in [5.74, 6) is 1.23. The lowest BCUT2D eigenvalue weighted by Gasteiger charge is -2.34. The lowest BCUT2D eigenvalue weighted by atomic mass is 10.1. The molecule has 0 saturated carbocycles. The smallest absolute Gasteiger partial charge is 0.260 e. The molecule has 0 radical (unpaired) electrons. The summed E-state index contributed by atoms with van der Waals surface area (Å²) in [7, 11) is 3.45. The number of hydrogen-bond donors (Lipinski definition) is 1. The minimum atomic E-state index is -0.863. The van der Waals surface area contributed by atoms with Gasteiger partial charge in [0.15, 0.2) is 6.10 Å². The average Bonchev–Trinajstić information content (AvgIpc) is 2.73. The van der Waals surface area contributed by atoms with Crippen LogP contribution in [-0.4, -0.2) is 63.2 Å². The molecular weight excluding hydrogens is 374 g/mol. The van der Waals surface area contributed by atoms with Crippen molar-refractivity contribution >= 4 is 17.5 Å². The number of likely N-dealkylation sites (N-methyl/N-ethyl adjacent to an activating group) is 1. The molecule has 1 unspecified atom stereocenters. The van der Waals surface area contributed by atoms with Gasteiger partial charge in [-0.2, -0.15) is 0 Å². The minimum Gasteiger partial charge on any atom is -0.497 e. The van der Waals surface area contributed by atoms with Gasteiger partial charge >= 0.3 is 0 Å². The second-order valence-corrected chi connectivity index (χ2v) is 6.74. The van der Waals surface area contributed by atoms with Crippen molar-refractivity contribution in [3.63, 3.8) is 0 Å². The number of carbonyl (C=O) groups excluding carboxylic acids is 2. The maximum atomic E-state index is 12.9. The van der Waals surface area contributed by atoms with Gasteiger partial charge in [0, 0.05) is 6.54 Å². The van der Waals surface area contributed by atoms with Crippen LogP contribution in [0.15, 0.2) is 48.5 Å². The number of benzene rings is 2. The highest BCUT2D eigenvalue weighted by Gasteiger charge is 2.32. The van der Waals surface area contributed by atoms with Crippen molar-refractivity contribution in [2.75, 3.05) is 45.3 Å². The van der Waals surface area contributed by atoms with Gasteiger partial charge in [-0.05, 0) is 43.4 Å². The second-order valence-electron chi connectivity index (χ2n) is 6.74. The van der Waals surface area contributed by atoms with Crippen molar-refractivity contribution in [2.45, 2.75) is 6.10 Å². The number of rotatable bonds is 8. The van der Waals surface area contributed by atoms with Crippen LogP contribution in [-0.2, 0) is 9.59 Å². The lowest BCUT2D eigenvalue weighted by molar-refractivity contribution is -0.125. The van der Waals surface area contributed by atoms with E-state index in [0.29, 0.717) is 24.6 Å². The molecule has 1 atom stereocenters. The topological polar surface area (TPSA) is 94.3 Å². The van der Waals surface area contributed by atoms with Gasteiger partial charge in [-0.1, -0.05) is 12.1 Å². The number of carbonyl (C=O) groups is 2. The van der Waals surface area contributed by atoms with Gasteiger partial charge in [0.1, 0.15) is 23.9 Å². The molecule has 154 valence electrons. The predicted molar refractivity (Wildman–Crippen MR) is 108 cm³/mol. The van der Waals surface area contributed by atoms with E-state index in [-0.39, 0.29) is 19.0 Å². The predicted octanol–water partition coefficient (Wildman–Crippen LogP) is 1.29. The van der Waals surface area contributed by atoms with Crippen LogP contribution in [0.2, 0.25) is 0 Å². The molecule has 0 fully saturated rings. The van der Waals surface area contributed by atoms with Crippen LogP contribution in [0.4, 0.5) is 5.69 Å². The third-order valence-electron chi connectivity index (χ3n) is 4.60. The third kappa shape index (κ3) is 5.17. The number of fused-ring (bicyclic) bond motifs is 1. The fraction of sp³-hybridized carbons (Fsp3) is 0.333. The van der Waals surface area contributed by atoms with Crippen molar-refractivity contribution < 1.29 is 23.8 Å². The molecule has 0 spiro atoms. The van der Waals surface area contributed by atoms with Crippen molar-refractivity contribution in [3.8, 4) is 17.2 Å². The van der Waals surface area contributed by atoms with Gasteiger partial charge in [-0.15, -0.1) is 0 Å². The van der Waals surface area contributed by atoms with Crippen molar-refractivity contribution in [1.29, 1.82) is 0 Å². The molecule has 29 heavy (non-hydrogen) atoms. The van der Waals surface area contributed by atoms with Crippen LogP contribution in [0.1, 0.15) is 0 Å². The molecule has 1 heterocycles. The Labute approximate surface area is 169 Å². The largest absolute Gasteiger partial charge is 0.497 e. The van der Waals surface area contributed by atoms with Crippen molar-refractivity contribution in [1.82, 2.24) is 4.90 Å². The zero-order valence-corrected chi connectivity index (χ0v) is 16.5. The van der Waals surface area contributed by atoms with E-state index in [1.807, 2.05) is 42.3 Å². The molecule has 2 amide bonds. The maximum absolute atomic E-state index is 12.9. The summed E-state index contributed by atoms with van der Waals surface area (Å²) in [6.07, 6.45) is -0.863. The number of anilines is 1. The molecular formula is C21H25N3O5. The standard InChI is InChI=1S/C21H25N3O5/c1-23(11-12-28-16-9-7-15(27-2)8-10-16)14-20(25)24-13-19(21(22)26)29-18-6-4-3-5-17(18)24/h3-10,19H,11-14H2,1-2H3,(H2,22,26). The average molecular weight is 399 g/mol. The Morgan fingerprint density at radius 3 is 2.55 bits per heavy atom. The van der Waals surface area contributed by atoms with Crippen LogP contribution in [0.3, 0.4) is 0 Å². The monoisotopic (exact) mass is 399 g/mol. The molecule has 0 aromatic heterocycles. The van der Waals surface area contributed by atoms with E-state index >= 15 is 0 Å². The Morgan fingerprint density at radius 2 is 1.86 bits per heavy atom. The van der Waals surface area contributed by atoms with Gasteiger partial charge in [-0.25, -0.2) is 0 Å². The van der Waals surface area contributed by atoms with Crippen LogP contribution in [0, 0.1) is 0 Å². The van der Waals surface area contributed by atoms with Gasteiger partial charge in [0.05, 0.1) is 25.9 Å². The maximum Gasteiger partial charge on any atom is 0.260 e. The molecule has 8 nitrogen and oxygen atoms in total. The van der Waals surface area contributed by atoms with E-state index in [1.54, 1.807) is 30.2 Å². The zero-order valence-electron chi connectivity index (χ0n) is 16.5. The SMILES string of the molecule is COc1ccc(OCCN(C)CC(=O)N2CC(C(N)=O)Oc3ccccc32)cc1. The second kappa shape index (κ2) is 9.29.